The smallest absolute Gasteiger partial charge is 0.508 e. The molecule has 2 saturated heterocycles. The minimum absolute atomic E-state index is 0.0267. The molecule has 0 radical (unpaired) electrons. The van der Waals surface area contributed by atoms with Crippen LogP contribution >= 0.6 is 0 Å². The van der Waals surface area contributed by atoms with E-state index in [1.165, 1.54) is 7.11 Å². The number of nitrogens with zero attached hydrogens (tertiary/aromatic N) is 1. The normalized spacial score (nSPS) is 35.0. The molecule has 5 N–H and O–H groups in total. The molecule has 2 aliphatic rings. The van der Waals surface area contributed by atoms with Crippen LogP contribution in [0.3, 0.4) is 0 Å². The molecule has 2 aliphatic heterocycles. The van der Waals surface area contributed by atoms with Crippen molar-refractivity contribution in [1.29, 1.82) is 0 Å². The Morgan fingerprint density at radius 1 is 1.65 bits per heavy atom. The number of carbonyl (C=O) groups is 1. The molecule has 8 heteroatoms. The van der Waals surface area contributed by atoms with Gasteiger partial charge in [0.25, 0.3) is 0 Å². The van der Waals surface area contributed by atoms with Gasteiger partial charge in [0, 0.05) is 32.2 Å². The zero-order chi connectivity index (χ0) is 14.9. The Kier molecular flexibility index (Phi) is 4.71. The van der Waals surface area contributed by atoms with Gasteiger partial charge < -0.3 is 25.9 Å². The summed E-state index contributed by atoms with van der Waals surface area (Å²) in [4.78, 5) is 14.1. The van der Waals surface area contributed by atoms with Crippen LogP contribution in [0.15, 0.2) is 0 Å². The first-order valence-electron chi connectivity index (χ1n) is 7.09. The molecule has 0 aliphatic carbocycles. The van der Waals surface area contributed by atoms with Gasteiger partial charge in [0.05, 0.1) is 0 Å². The lowest BCUT2D eigenvalue weighted by molar-refractivity contribution is -0.143. The lowest BCUT2D eigenvalue weighted by Gasteiger charge is -2.32. The first-order chi connectivity index (χ1) is 9.38. The quantitative estimate of drug-likeness (QED) is 0.556. The number of nitrogens with two attached hydrogens (primary N) is 2. The van der Waals surface area contributed by atoms with Gasteiger partial charge in [0.2, 0.25) is 0 Å². The van der Waals surface area contributed by atoms with Gasteiger partial charge in [-0.05, 0) is 19.7 Å². The van der Waals surface area contributed by atoms with Gasteiger partial charge in [-0.2, -0.15) is 0 Å². The highest BCUT2D eigenvalue weighted by Crippen LogP contribution is 2.34. The number of likely N-dealkylation sites (tertiary alicyclic amines) is 1. The number of hydrogen-bond acceptors (Lipinski definition) is 7. The second kappa shape index (κ2) is 5.99. The van der Waals surface area contributed by atoms with E-state index in [2.05, 4.69) is 0 Å². The van der Waals surface area contributed by atoms with Crippen molar-refractivity contribution in [2.45, 2.75) is 43.9 Å². The summed E-state index contributed by atoms with van der Waals surface area (Å²) in [5.41, 5.74) is 10.9. The van der Waals surface area contributed by atoms with E-state index in [1.54, 1.807) is 11.8 Å². The summed E-state index contributed by atoms with van der Waals surface area (Å²) in [5.74, 6) is -0.477. The summed E-state index contributed by atoms with van der Waals surface area (Å²) < 4.78 is 10.4. The maximum absolute atomic E-state index is 12.3. The highest BCUT2D eigenvalue weighted by Gasteiger charge is 2.53. The van der Waals surface area contributed by atoms with Gasteiger partial charge >= 0.3 is 13.1 Å². The van der Waals surface area contributed by atoms with E-state index in [9.17, 15) is 9.90 Å². The molecular formula is C12H24BN3O4. The second-order valence-electron chi connectivity index (χ2n) is 5.94. The van der Waals surface area contributed by atoms with E-state index < -0.39 is 30.9 Å². The Labute approximate surface area is 119 Å². The minimum Gasteiger partial charge on any atom is -0.508 e. The molecule has 2 rings (SSSR count). The lowest BCUT2D eigenvalue weighted by atomic mass is 9.75. The van der Waals surface area contributed by atoms with E-state index >= 15 is 0 Å². The number of hydrogen-bond donors (Lipinski definition) is 3. The number of rotatable bonds is 3. The average Bonchev–Trinajstić information content (AvgIpc) is 2.73. The fraction of sp³-hybridized carbons (Fsp3) is 0.917. The van der Waals surface area contributed by atoms with E-state index in [-0.39, 0.29) is 12.5 Å². The van der Waals surface area contributed by atoms with Crippen molar-refractivity contribution in [1.82, 2.24) is 4.90 Å². The van der Waals surface area contributed by atoms with Crippen LogP contribution in [-0.4, -0.2) is 61.1 Å². The standard InChI is InChI=1S/C12H24BN3O4/c1-8(14)10(17)16-6-9-4-3-5-13(19-2)20-11(18)12(9,15)7-16/h8-10,17H,3-7,14-15H2,1-2H3/t8?,9?,10?,12-/m1/s1. The molecule has 0 aromatic heterocycles. The summed E-state index contributed by atoms with van der Waals surface area (Å²) in [6, 6.07) is -0.397. The van der Waals surface area contributed by atoms with Gasteiger partial charge in [0.1, 0.15) is 11.8 Å². The molecule has 0 amide bonds. The minimum atomic E-state index is -1.09. The van der Waals surface area contributed by atoms with Crippen LogP contribution < -0.4 is 11.5 Å². The molecule has 2 heterocycles. The largest absolute Gasteiger partial charge is 0.527 e. The molecule has 0 aromatic rings. The molecule has 0 aromatic carbocycles. The number of aliphatic hydroxyl groups is 1. The molecule has 7 nitrogen and oxygen atoms in total. The van der Waals surface area contributed by atoms with Crippen LogP contribution in [0.4, 0.5) is 0 Å². The summed E-state index contributed by atoms with van der Waals surface area (Å²) in [7, 11) is 0.984. The van der Waals surface area contributed by atoms with Crippen molar-refractivity contribution in [2.75, 3.05) is 20.2 Å². The SMILES string of the molecule is COB1CCCC2CN(C(O)C(C)N)C[C@]2(N)C(=O)O1. The molecule has 3 unspecified atom stereocenters. The summed E-state index contributed by atoms with van der Waals surface area (Å²) >= 11 is 0. The Morgan fingerprint density at radius 3 is 2.95 bits per heavy atom. The van der Waals surface area contributed by atoms with Crippen LogP contribution in [0.25, 0.3) is 0 Å². The van der Waals surface area contributed by atoms with Crippen LogP contribution in [0.2, 0.25) is 6.32 Å². The van der Waals surface area contributed by atoms with Gasteiger partial charge in [0.15, 0.2) is 0 Å². The fourth-order valence-corrected chi connectivity index (χ4v) is 3.07. The van der Waals surface area contributed by atoms with Gasteiger partial charge in [-0.25, -0.2) is 0 Å². The highest BCUT2D eigenvalue weighted by molar-refractivity contribution is 6.47. The third-order valence-corrected chi connectivity index (χ3v) is 4.37. The third-order valence-electron chi connectivity index (χ3n) is 4.37. The van der Waals surface area contributed by atoms with E-state index in [4.69, 9.17) is 20.8 Å². The molecular weight excluding hydrogens is 261 g/mol. The van der Waals surface area contributed by atoms with Crippen LogP contribution in [0, 0.1) is 5.92 Å². The Morgan fingerprint density at radius 2 is 2.35 bits per heavy atom. The van der Waals surface area contributed by atoms with E-state index in [0.29, 0.717) is 12.9 Å². The monoisotopic (exact) mass is 285 g/mol. The lowest BCUT2D eigenvalue weighted by Crippen LogP contribution is -2.58. The van der Waals surface area contributed by atoms with Crippen molar-refractivity contribution in [3.8, 4) is 0 Å². The average molecular weight is 285 g/mol. The summed E-state index contributed by atoms with van der Waals surface area (Å²) in [5, 5.41) is 10.1. The fourth-order valence-electron chi connectivity index (χ4n) is 3.07. The maximum Gasteiger partial charge on any atom is 0.527 e. The number of fused-ring (bicyclic) bond motifs is 1. The van der Waals surface area contributed by atoms with Crippen molar-refractivity contribution in [2.24, 2.45) is 17.4 Å². The van der Waals surface area contributed by atoms with Crippen LogP contribution in [0.1, 0.15) is 19.8 Å². The second-order valence-corrected chi connectivity index (χ2v) is 5.94. The predicted octanol–water partition coefficient (Wildman–Crippen LogP) is -1.25. The van der Waals surface area contributed by atoms with Crippen LogP contribution in [-0.2, 0) is 14.1 Å². The third kappa shape index (κ3) is 2.84. The molecule has 114 valence electrons. The zero-order valence-corrected chi connectivity index (χ0v) is 12.1. The summed E-state index contributed by atoms with van der Waals surface area (Å²) in [6.07, 6.45) is 1.56. The molecule has 2 fully saturated rings. The topological polar surface area (TPSA) is 111 Å². The molecule has 0 spiro atoms. The first-order valence-corrected chi connectivity index (χ1v) is 7.09. The van der Waals surface area contributed by atoms with Crippen molar-refractivity contribution < 1.29 is 19.2 Å². The number of aliphatic hydroxyl groups excluding tert-OH is 1. The Balaban J connectivity index is 2.14. The predicted molar refractivity (Wildman–Crippen MR) is 74.5 cm³/mol. The Hall–Kier alpha value is -0.665. The van der Waals surface area contributed by atoms with Crippen molar-refractivity contribution in [3.63, 3.8) is 0 Å². The van der Waals surface area contributed by atoms with Gasteiger partial charge in [-0.15, -0.1) is 0 Å². The van der Waals surface area contributed by atoms with E-state index in [1.807, 2.05) is 0 Å². The molecule has 0 bridgehead atoms. The van der Waals surface area contributed by atoms with Gasteiger partial charge in [-0.1, -0.05) is 6.42 Å². The zero-order valence-electron chi connectivity index (χ0n) is 12.1. The van der Waals surface area contributed by atoms with Gasteiger partial charge in [-0.3, -0.25) is 9.69 Å². The maximum atomic E-state index is 12.3. The molecule has 0 saturated carbocycles. The van der Waals surface area contributed by atoms with Crippen molar-refractivity contribution >= 4 is 13.1 Å². The molecule has 20 heavy (non-hydrogen) atoms. The first kappa shape index (κ1) is 15.7. The number of carbonyl (C=O) groups excluding carboxylic acids is 1. The van der Waals surface area contributed by atoms with E-state index in [0.717, 1.165) is 12.8 Å². The highest BCUT2D eigenvalue weighted by atomic mass is 16.6. The molecule has 4 atom stereocenters. The Bertz CT molecular complexity index is 371. The summed E-state index contributed by atoms with van der Waals surface area (Å²) in [6.45, 7) is 2.55. The van der Waals surface area contributed by atoms with Crippen molar-refractivity contribution in [3.05, 3.63) is 0 Å². The van der Waals surface area contributed by atoms with Crippen LogP contribution in [0.5, 0.6) is 0 Å².